The predicted molar refractivity (Wildman–Crippen MR) is 102 cm³/mol. The molecule has 2 aromatic carbocycles. The van der Waals surface area contributed by atoms with E-state index in [9.17, 15) is 9.50 Å². The molecule has 0 bridgehead atoms. The van der Waals surface area contributed by atoms with E-state index in [1.807, 2.05) is 6.07 Å². The van der Waals surface area contributed by atoms with E-state index in [0.717, 1.165) is 24.0 Å². The Kier molecular flexibility index (Phi) is 8.30. The lowest BCUT2D eigenvalue weighted by molar-refractivity contribution is 0.290. The quantitative estimate of drug-likeness (QED) is 0.459. The van der Waals surface area contributed by atoms with Gasteiger partial charge in [0.2, 0.25) is 0 Å². The van der Waals surface area contributed by atoms with Crippen LogP contribution < -0.4 is 4.74 Å². The first-order chi connectivity index (χ1) is 12.2. The maximum absolute atomic E-state index is 14.2. The summed E-state index contributed by atoms with van der Waals surface area (Å²) in [6.45, 7) is 2.79. The first-order valence-corrected chi connectivity index (χ1v) is 9.42. The average Bonchev–Trinajstić information content (AvgIpc) is 2.62. The van der Waals surface area contributed by atoms with E-state index in [2.05, 4.69) is 6.92 Å². The zero-order valence-electron chi connectivity index (χ0n) is 15.1. The molecule has 2 rings (SSSR count). The molecule has 0 atom stereocenters. The van der Waals surface area contributed by atoms with Gasteiger partial charge in [-0.1, -0.05) is 70.1 Å². The molecule has 0 aliphatic heterocycles. The van der Waals surface area contributed by atoms with Crippen molar-refractivity contribution >= 4 is 0 Å². The van der Waals surface area contributed by atoms with Crippen LogP contribution in [0, 0.1) is 5.82 Å². The summed E-state index contributed by atoms with van der Waals surface area (Å²) in [7, 11) is 0. The number of phenols is 1. The number of benzene rings is 2. The Balaban J connectivity index is 1.71. The van der Waals surface area contributed by atoms with E-state index in [1.165, 1.54) is 44.6 Å². The molecule has 0 saturated carbocycles. The molecule has 0 heterocycles. The van der Waals surface area contributed by atoms with Crippen molar-refractivity contribution in [3.63, 3.8) is 0 Å². The van der Waals surface area contributed by atoms with Crippen LogP contribution >= 0.6 is 0 Å². The second kappa shape index (κ2) is 10.8. The number of aromatic hydroxyl groups is 1. The Morgan fingerprint density at radius 1 is 0.800 bits per heavy atom. The smallest absolute Gasteiger partial charge is 0.165 e. The molecule has 0 aromatic heterocycles. The Morgan fingerprint density at radius 3 is 2.04 bits per heavy atom. The summed E-state index contributed by atoms with van der Waals surface area (Å²) in [5.74, 6) is 0.171. The van der Waals surface area contributed by atoms with Gasteiger partial charge in [0.05, 0.1) is 6.61 Å². The van der Waals surface area contributed by atoms with Gasteiger partial charge in [-0.2, -0.15) is 0 Å². The molecule has 0 fully saturated rings. The summed E-state index contributed by atoms with van der Waals surface area (Å²) in [4.78, 5) is 0. The van der Waals surface area contributed by atoms with Gasteiger partial charge in [0.1, 0.15) is 5.75 Å². The van der Waals surface area contributed by atoms with Crippen LogP contribution in [0.15, 0.2) is 42.5 Å². The lowest BCUT2D eigenvalue weighted by Crippen LogP contribution is -1.99. The van der Waals surface area contributed by atoms with Crippen LogP contribution in [0.1, 0.15) is 58.3 Å². The zero-order chi connectivity index (χ0) is 17.9. The number of rotatable bonds is 11. The number of hydrogen-bond acceptors (Lipinski definition) is 2. The van der Waals surface area contributed by atoms with E-state index in [-0.39, 0.29) is 11.6 Å². The molecule has 0 unspecified atom stereocenters. The second-order valence-electron chi connectivity index (χ2n) is 6.52. The van der Waals surface area contributed by atoms with Crippen molar-refractivity contribution in [3.8, 4) is 22.6 Å². The molecule has 0 aliphatic carbocycles. The normalized spacial score (nSPS) is 10.8. The van der Waals surface area contributed by atoms with E-state index in [1.54, 1.807) is 30.3 Å². The van der Waals surface area contributed by atoms with Crippen LogP contribution in [0.2, 0.25) is 0 Å². The maximum Gasteiger partial charge on any atom is 0.165 e. The maximum atomic E-state index is 14.2. The molecule has 0 radical (unpaired) electrons. The molecular weight excluding hydrogens is 315 g/mol. The number of halogens is 1. The first kappa shape index (κ1) is 19.3. The lowest BCUT2D eigenvalue weighted by Gasteiger charge is -2.09. The van der Waals surface area contributed by atoms with Crippen LogP contribution in [-0.2, 0) is 0 Å². The number of hydrogen-bond donors (Lipinski definition) is 1. The van der Waals surface area contributed by atoms with Crippen molar-refractivity contribution < 1.29 is 14.2 Å². The minimum atomic E-state index is -0.342. The SMILES string of the molecule is CCCCCCCCCCOc1ccc(-c2ccc(O)cc2)cc1F. The molecule has 2 aromatic rings. The summed E-state index contributed by atoms with van der Waals surface area (Å²) < 4.78 is 19.8. The van der Waals surface area contributed by atoms with Gasteiger partial charge in [0.25, 0.3) is 0 Å². The topological polar surface area (TPSA) is 29.5 Å². The zero-order valence-corrected chi connectivity index (χ0v) is 15.1. The summed E-state index contributed by atoms with van der Waals surface area (Å²) in [5.41, 5.74) is 1.64. The van der Waals surface area contributed by atoms with Crippen LogP contribution in [0.4, 0.5) is 4.39 Å². The fourth-order valence-corrected chi connectivity index (χ4v) is 2.87. The predicted octanol–water partition coefficient (Wildman–Crippen LogP) is 6.72. The standard InChI is InChI=1S/C22H29FO2/c1-2-3-4-5-6-7-8-9-16-25-22-15-12-19(17-21(22)23)18-10-13-20(24)14-11-18/h10-15,17,24H,2-9,16H2,1H3. The molecule has 2 nitrogen and oxygen atoms in total. The fraction of sp³-hybridized carbons (Fsp3) is 0.455. The third-order valence-corrected chi connectivity index (χ3v) is 4.39. The van der Waals surface area contributed by atoms with Crippen molar-refractivity contribution in [2.45, 2.75) is 58.3 Å². The summed E-state index contributed by atoms with van der Waals surface area (Å²) in [6.07, 6.45) is 9.90. The highest BCUT2D eigenvalue weighted by Gasteiger charge is 2.06. The molecule has 25 heavy (non-hydrogen) atoms. The minimum Gasteiger partial charge on any atom is -0.508 e. The molecule has 1 N–H and O–H groups in total. The molecule has 3 heteroatoms. The van der Waals surface area contributed by atoms with Gasteiger partial charge >= 0.3 is 0 Å². The van der Waals surface area contributed by atoms with Crippen molar-refractivity contribution in [1.82, 2.24) is 0 Å². The molecule has 136 valence electrons. The fourth-order valence-electron chi connectivity index (χ4n) is 2.87. The van der Waals surface area contributed by atoms with Crippen molar-refractivity contribution in [2.75, 3.05) is 6.61 Å². The molecule has 0 amide bonds. The number of ether oxygens (including phenoxy) is 1. The third-order valence-electron chi connectivity index (χ3n) is 4.39. The second-order valence-corrected chi connectivity index (χ2v) is 6.52. The van der Waals surface area contributed by atoms with Crippen molar-refractivity contribution in [3.05, 3.63) is 48.3 Å². The van der Waals surface area contributed by atoms with Crippen LogP contribution in [0.25, 0.3) is 11.1 Å². The monoisotopic (exact) mass is 344 g/mol. The summed E-state index contributed by atoms with van der Waals surface area (Å²) in [6, 6.07) is 11.7. The van der Waals surface area contributed by atoms with Crippen LogP contribution in [0.3, 0.4) is 0 Å². The molecule has 0 saturated heterocycles. The highest BCUT2D eigenvalue weighted by atomic mass is 19.1. The van der Waals surface area contributed by atoms with Gasteiger partial charge in [-0.05, 0) is 41.8 Å². The van der Waals surface area contributed by atoms with Crippen LogP contribution in [0.5, 0.6) is 11.5 Å². The Bertz CT molecular complexity index is 622. The van der Waals surface area contributed by atoms with E-state index in [0.29, 0.717) is 12.4 Å². The minimum absolute atomic E-state index is 0.203. The molecular formula is C22H29FO2. The summed E-state index contributed by atoms with van der Waals surface area (Å²) in [5, 5.41) is 9.32. The van der Waals surface area contributed by atoms with Gasteiger partial charge in [0, 0.05) is 0 Å². The lowest BCUT2D eigenvalue weighted by atomic mass is 10.1. The first-order valence-electron chi connectivity index (χ1n) is 9.42. The van der Waals surface area contributed by atoms with Crippen molar-refractivity contribution in [1.29, 1.82) is 0 Å². The Labute approximate surface area is 150 Å². The summed E-state index contributed by atoms with van der Waals surface area (Å²) >= 11 is 0. The van der Waals surface area contributed by atoms with Gasteiger partial charge in [-0.3, -0.25) is 0 Å². The molecule has 0 aliphatic rings. The van der Waals surface area contributed by atoms with Crippen LogP contribution in [-0.4, -0.2) is 11.7 Å². The largest absolute Gasteiger partial charge is 0.508 e. The van der Waals surface area contributed by atoms with Gasteiger partial charge in [-0.25, -0.2) is 4.39 Å². The van der Waals surface area contributed by atoms with E-state index in [4.69, 9.17) is 4.74 Å². The number of unbranched alkanes of at least 4 members (excludes halogenated alkanes) is 7. The highest BCUT2D eigenvalue weighted by molar-refractivity contribution is 5.65. The Hall–Kier alpha value is -2.03. The Morgan fingerprint density at radius 2 is 1.40 bits per heavy atom. The highest BCUT2D eigenvalue weighted by Crippen LogP contribution is 2.27. The van der Waals surface area contributed by atoms with Crippen molar-refractivity contribution in [2.24, 2.45) is 0 Å². The van der Waals surface area contributed by atoms with E-state index < -0.39 is 0 Å². The average molecular weight is 344 g/mol. The van der Waals surface area contributed by atoms with Gasteiger partial charge in [0.15, 0.2) is 11.6 Å². The van der Waals surface area contributed by atoms with Gasteiger partial charge in [-0.15, -0.1) is 0 Å². The van der Waals surface area contributed by atoms with E-state index >= 15 is 0 Å². The molecule has 0 spiro atoms. The van der Waals surface area contributed by atoms with Gasteiger partial charge < -0.3 is 9.84 Å². The third kappa shape index (κ3) is 6.77. The number of phenolic OH excluding ortho intramolecular Hbond substituents is 1.